The Morgan fingerprint density at radius 2 is 1.76 bits per heavy atom. The summed E-state index contributed by atoms with van der Waals surface area (Å²) in [4.78, 5) is 15.0. The molecule has 4 rings (SSSR count). The number of amides is 1. The maximum Gasteiger partial charge on any atom is 0.274 e. The molecule has 1 N–H and O–H groups in total. The van der Waals surface area contributed by atoms with Gasteiger partial charge in [-0.25, -0.2) is 4.68 Å². The zero-order valence-corrected chi connectivity index (χ0v) is 16.8. The van der Waals surface area contributed by atoms with Crippen molar-refractivity contribution in [2.24, 2.45) is 0 Å². The first kappa shape index (κ1) is 19.2. The Kier molecular flexibility index (Phi) is 5.62. The summed E-state index contributed by atoms with van der Waals surface area (Å²) in [5.41, 5.74) is 3.26. The van der Waals surface area contributed by atoms with E-state index >= 15 is 0 Å². The summed E-state index contributed by atoms with van der Waals surface area (Å²) >= 11 is 0. The van der Waals surface area contributed by atoms with Gasteiger partial charge < -0.3 is 15.0 Å². The summed E-state index contributed by atoms with van der Waals surface area (Å²) in [5.74, 6) is 0.784. The Bertz CT molecular complexity index is 958. The first-order valence-electron chi connectivity index (χ1n) is 9.96. The van der Waals surface area contributed by atoms with E-state index in [2.05, 4.69) is 5.32 Å². The van der Waals surface area contributed by atoms with E-state index in [1.807, 2.05) is 77.3 Å². The molecular weight excluding hydrogens is 364 g/mol. The largest absolute Gasteiger partial charge is 0.497 e. The highest BCUT2D eigenvalue weighted by molar-refractivity contribution is 5.93. The molecule has 150 valence electrons. The summed E-state index contributed by atoms with van der Waals surface area (Å²) < 4.78 is 7.11. The normalized spacial score (nSPS) is 14.8. The van der Waals surface area contributed by atoms with E-state index in [1.54, 1.807) is 7.11 Å². The number of likely N-dealkylation sites (tertiary alicyclic amines) is 1. The molecule has 1 saturated heterocycles. The summed E-state index contributed by atoms with van der Waals surface area (Å²) in [6.45, 7) is 1.50. The number of carbonyl (C=O) groups is 1. The highest BCUT2D eigenvalue weighted by atomic mass is 16.5. The van der Waals surface area contributed by atoms with Crippen molar-refractivity contribution in [1.29, 1.82) is 0 Å². The van der Waals surface area contributed by atoms with Gasteiger partial charge in [0.2, 0.25) is 0 Å². The van der Waals surface area contributed by atoms with Gasteiger partial charge in [0, 0.05) is 24.7 Å². The molecular formula is C23H26N4O2. The molecule has 0 atom stereocenters. The molecule has 0 bridgehead atoms. The van der Waals surface area contributed by atoms with E-state index in [9.17, 15) is 4.79 Å². The number of nitrogens with zero attached hydrogens (tertiary/aromatic N) is 3. The van der Waals surface area contributed by atoms with Gasteiger partial charge in [-0.15, -0.1) is 0 Å². The molecule has 0 radical (unpaired) electrons. The first-order chi connectivity index (χ1) is 14.2. The van der Waals surface area contributed by atoms with Gasteiger partial charge >= 0.3 is 0 Å². The fourth-order valence-corrected chi connectivity index (χ4v) is 3.75. The number of para-hydroxylation sites is 1. The smallest absolute Gasteiger partial charge is 0.274 e. The minimum absolute atomic E-state index is 0.0102. The molecule has 1 aliphatic heterocycles. The SMILES string of the molecule is CNC1CCN(C(=O)c2cc(-c3ccc(OC)cc3)n(-c3ccccc3)n2)CC1. The fraction of sp³-hybridized carbons (Fsp3) is 0.304. The van der Waals surface area contributed by atoms with Gasteiger partial charge in [-0.05, 0) is 62.4 Å². The van der Waals surface area contributed by atoms with Crippen LogP contribution in [-0.4, -0.2) is 53.9 Å². The van der Waals surface area contributed by atoms with Gasteiger partial charge in [-0.1, -0.05) is 18.2 Å². The monoisotopic (exact) mass is 390 g/mol. The summed E-state index contributed by atoms with van der Waals surface area (Å²) in [7, 11) is 3.63. The Hall–Kier alpha value is -3.12. The zero-order chi connectivity index (χ0) is 20.2. The first-order valence-corrected chi connectivity index (χ1v) is 9.96. The quantitative estimate of drug-likeness (QED) is 0.726. The van der Waals surface area contributed by atoms with Crippen molar-refractivity contribution in [2.45, 2.75) is 18.9 Å². The number of aromatic nitrogens is 2. The van der Waals surface area contributed by atoms with E-state index < -0.39 is 0 Å². The van der Waals surface area contributed by atoms with Crippen molar-refractivity contribution in [3.05, 3.63) is 66.4 Å². The maximum absolute atomic E-state index is 13.1. The highest BCUT2D eigenvalue weighted by Crippen LogP contribution is 2.27. The molecule has 0 spiro atoms. The number of rotatable bonds is 5. The third-order valence-corrected chi connectivity index (χ3v) is 5.51. The molecule has 3 aromatic rings. The van der Waals surface area contributed by atoms with Crippen LogP contribution in [0.15, 0.2) is 60.7 Å². The lowest BCUT2D eigenvalue weighted by molar-refractivity contribution is 0.0701. The predicted molar refractivity (Wildman–Crippen MR) is 114 cm³/mol. The number of benzene rings is 2. The maximum atomic E-state index is 13.1. The molecule has 0 aliphatic carbocycles. The van der Waals surface area contributed by atoms with Crippen molar-refractivity contribution in [1.82, 2.24) is 20.0 Å². The Balaban J connectivity index is 1.68. The Morgan fingerprint density at radius 1 is 1.07 bits per heavy atom. The molecule has 1 aromatic heterocycles. The van der Waals surface area contributed by atoms with Gasteiger partial charge in [0.05, 0.1) is 18.5 Å². The van der Waals surface area contributed by atoms with E-state index in [0.29, 0.717) is 11.7 Å². The van der Waals surface area contributed by atoms with Crippen molar-refractivity contribution in [2.75, 3.05) is 27.2 Å². The highest BCUT2D eigenvalue weighted by Gasteiger charge is 2.25. The van der Waals surface area contributed by atoms with E-state index in [4.69, 9.17) is 9.84 Å². The van der Waals surface area contributed by atoms with Gasteiger partial charge in [-0.3, -0.25) is 4.79 Å². The second-order valence-corrected chi connectivity index (χ2v) is 7.25. The molecule has 0 saturated carbocycles. The minimum Gasteiger partial charge on any atom is -0.497 e. The number of methoxy groups -OCH3 is 1. The van der Waals surface area contributed by atoms with Crippen LogP contribution in [0.25, 0.3) is 16.9 Å². The van der Waals surface area contributed by atoms with Gasteiger partial charge in [0.1, 0.15) is 5.75 Å². The molecule has 1 aliphatic rings. The van der Waals surface area contributed by atoms with Crippen molar-refractivity contribution >= 4 is 5.91 Å². The second-order valence-electron chi connectivity index (χ2n) is 7.25. The van der Waals surface area contributed by atoms with Crippen LogP contribution in [-0.2, 0) is 0 Å². The Labute approximate surface area is 171 Å². The van der Waals surface area contributed by atoms with Crippen LogP contribution in [0.2, 0.25) is 0 Å². The average Bonchev–Trinajstić information content (AvgIpc) is 3.25. The van der Waals surface area contributed by atoms with Crippen LogP contribution in [0.4, 0.5) is 0 Å². The van der Waals surface area contributed by atoms with E-state index in [-0.39, 0.29) is 5.91 Å². The molecule has 0 unspecified atom stereocenters. The molecule has 6 heteroatoms. The van der Waals surface area contributed by atoms with E-state index in [1.165, 1.54) is 0 Å². The van der Waals surface area contributed by atoms with Crippen LogP contribution >= 0.6 is 0 Å². The average molecular weight is 390 g/mol. The van der Waals surface area contributed by atoms with Gasteiger partial charge in [-0.2, -0.15) is 5.10 Å². The topological polar surface area (TPSA) is 59.4 Å². The zero-order valence-electron chi connectivity index (χ0n) is 16.8. The number of hydrogen-bond donors (Lipinski definition) is 1. The van der Waals surface area contributed by atoms with E-state index in [0.717, 1.165) is 48.6 Å². The summed E-state index contributed by atoms with van der Waals surface area (Å²) in [5, 5.41) is 7.99. The third-order valence-electron chi connectivity index (χ3n) is 5.51. The standard InChI is InChI=1S/C23H26N4O2/c1-24-18-12-14-26(15-13-18)23(28)21-16-22(17-8-10-20(29-2)11-9-17)27(25-21)19-6-4-3-5-7-19/h3-11,16,18,24H,12-15H2,1-2H3. The summed E-state index contributed by atoms with van der Waals surface area (Å²) in [6.07, 6.45) is 1.93. The lowest BCUT2D eigenvalue weighted by atomic mass is 10.0. The fourth-order valence-electron chi connectivity index (χ4n) is 3.75. The predicted octanol–water partition coefficient (Wildman–Crippen LogP) is 3.37. The van der Waals surface area contributed by atoms with Crippen molar-refractivity contribution < 1.29 is 9.53 Å². The lowest BCUT2D eigenvalue weighted by Crippen LogP contribution is -2.44. The Morgan fingerprint density at radius 3 is 2.38 bits per heavy atom. The van der Waals surface area contributed by atoms with Crippen LogP contribution < -0.4 is 10.1 Å². The second kappa shape index (κ2) is 8.49. The summed E-state index contributed by atoms with van der Waals surface area (Å²) in [6, 6.07) is 20.1. The molecule has 6 nitrogen and oxygen atoms in total. The number of ether oxygens (including phenoxy) is 1. The molecule has 2 aromatic carbocycles. The molecule has 1 fully saturated rings. The molecule has 1 amide bonds. The number of nitrogens with one attached hydrogen (secondary N) is 1. The molecule has 2 heterocycles. The van der Waals surface area contributed by atoms with Crippen molar-refractivity contribution in [3.8, 4) is 22.7 Å². The minimum atomic E-state index is -0.0102. The lowest BCUT2D eigenvalue weighted by Gasteiger charge is -2.31. The van der Waals surface area contributed by atoms with Crippen LogP contribution in [0.5, 0.6) is 5.75 Å². The van der Waals surface area contributed by atoms with Crippen LogP contribution in [0, 0.1) is 0 Å². The number of hydrogen-bond acceptors (Lipinski definition) is 4. The number of piperidine rings is 1. The molecule has 29 heavy (non-hydrogen) atoms. The van der Waals surface area contributed by atoms with Crippen molar-refractivity contribution in [3.63, 3.8) is 0 Å². The van der Waals surface area contributed by atoms with Crippen LogP contribution in [0.1, 0.15) is 23.3 Å². The van der Waals surface area contributed by atoms with Gasteiger partial charge in [0.25, 0.3) is 5.91 Å². The van der Waals surface area contributed by atoms with Crippen LogP contribution in [0.3, 0.4) is 0 Å². The number of carbonyl (C=O) groups excluding carboxylic acids is 1. The van der Waals surface area contributed by atoms with Gasteiger partial charge in [0.15, 0.2) is 5.69 Å². The third kappa shape index (κ3) is 4.03.